The highest BCUT2D eigenvalue weighted by atomic mass is 35.5. The van der Waals surface area contributed by atoms with Crippen molar-refractivity contribution in [3.8, 4) is 0 Å². The average molecular weight is 315 g/mol. The Bertz CT molecular complexity index is 520. The van der Waals surface area contributed by atoms with E-state index in [-0.39, 0.29) is 31.1 Å². The number of amides is 1. The highest BCUT2D eigenvalue weighted by Gasteiger charge is 2.26. The van der Waals surface area contributed by atoms with Crippen molar-refractivity contribution in [2.45, 2.75) is 10.7 Å². The lowest BCUT2D eigenvalue weighted by molar-refractivity contribution is 0.0954. The maximum Gasteiger partial charge on any atom is 0.341 e. The summed E-state index contributed by atoms with van der Waals surface area (Å²) in [6.07, 6.45) is 0. The van der Waals surface area contributed by atoms with Crippen LogP contribution in [0.3, 0.4) is 0 Å². The number of carbonyl (C=O) groups is 1. The first-order chi connectivity index (χ1) is 8.39. The molecule has 0 unspecified atom stereocenters. The van der Waals surface area contributed by atoms with E-state index in [0.717, 1.165) is 12.1 Å². The van der Waals surface area contributed by atoms with Gasteiger partial charge in [-0.15, -0.1) is 12.4 Å². The Morgan fingerprint density at radius 3 is 2.21 bits per heavy atom. The van der Waals surface area contributed by atoms with Gasteiger partial charge in [-0.05, 0) is 24.3 Å². The lowest BCUT2D eigenvalue weighted by atomic mass is 10.2. The summed E-state index contributed by atoms with van der Waals surface area (Å²) in [5, 5.41) is 2.47. The van der Waals surface area contributed by atoms with Crippen molar-refractivity contribution >= 4 is 28.2 Å². The van der Waals surface area contributed by atoms with E-state index >= 15 is 0 Å². The van der Waals surface area contributed by atoms with Crippen LogP contribution < -0.4 is 11.1 Å². The second kappa shape index (κ2) is 7.37. The fraction of sp³-hybridized carbons (Fsp3) is 0.300. The zero-order valence-corrected chi connectivity index (χ0v) is 11.3. The lowest BCUT2D eigenvalue weighted by Crippen LogP contribution is -2.28. The van der Waals surface area contributed by atoms with E-state index in [1.54, 1.807) is 0 Å². The van der Waals surface area contributed by atoms with Crippen LogP contribution in [0.1, 0.15) is 10.4 Å². The Balaban J connectivity index is 0.00000324. The van der Waals surface area contributed by atoms with Crippen LogP contribution in [0.4, 0.5) is 8.78 Å². The number of hydrogen-bond donors (Lipinski definition) is 2. The molecule has 1 rings (SSSR count). The van der Waals surface area contributed by atoms with Crippen molar-refractivity contribution in [1.82, 2.24) is 5.32 Å². The molecule has 0 radical (unpaired) electrons. The second-order valence-electron chi connectivity index (χ2n) is 3.37. The Morgan fingerprint density at radius 1 is 1.26 bits per heavy atom. The quantitative estimate of drug-likeness (QED) is 0.841. The van der Waals surface area contributed by atoms with Crippen molar-refractivity contribution in [1.29, 1.82) is 0 Å². The standard InChI is InChI=1S/C10H12F2N2O3S.ClH/c11-10(12)18(16,17)8-3-1-7(2-4-8)9(15)14-6-5-13;/h1-4,10H,5-6,13H2,(H,14,15);1H. The summed E-state index contributed by atoms with van der Waals surface area (Å²) in [6.45, 7) is 0.541. The molecule has 0 aliphatic carbocycles. The van der Waals surface area contributed by atoms with Crippen molar-refractivity contribution < 1.29 is 22.0 Å². The molecule has 3 N–H and O–H groups in total. The maximum atomic E-state index is 12.2. The molecule has 0 spiro atoms. The largest absolute Gasteiger partial charge is 0.351 e. The van der Waals surface area contributed by atoms with E-state index in [0.29, 0.717) is 0 Å². The molecule has 0 heterocycles. The lowest BCUT2D eigenvalue weighted by Gasteiger charge is -2.05. The number of nitrogens with two attached hydrogens (primary N) is 1. The van der Waals surface area contributed by atoms with Crippen molar-refractivity contribution in [2.24, 2.45) is 5.73 Å². The highest BCUT2D eigenvalue weighted by Crippen LogP contribution is 2.18. The van der Waals surface area contributed by atoms with Crippen LogP contribution >= 0.6 is 12.4 Å². The minimum absolute atomic E-state index is 0. The summed E-state index contributed by atoms with van der Waals surface area (Å²) in [5.74, 6) is -3.92. The number of hydrogen-bond acceptors (Lipinski definition) is 4. The molecular formula is C10H13ClF2N2O3S. The van der Waals surface area contributed by atoms with Gasteiger partial charge in [0, 0.05) is 18.7 Å². The minimum Gasteiger partial charge on any atom is -0.351 e. The van der Waals surface area contributed by atoms with E-state index < -0.39 is 26.4 Å². The first-order valence-corrected chi connectivity index (χ1v) is 6.54. The fourth-order valence-corrected chi connectivity index (χ4v) is 1.91. The Hall–Kier alpha value is -1.25. The van der Waals surface area contributed by atoms with Gasteiger partial charge in [0.05, 0.1) is 4.90 Å². The van der Waals surface area contributed by atoms with Crippen LogP contribution in [-0.4, -0.2) is 33.2 Å². The summed E-state index contributed by atoms with van der Waals surface area (Å²) in [7, 11) is -4.62. The van der Waals surface area contributed by atoms with E-state index in [9.17, 15) is 22.0 Å². The van der Waals surface area contributed by atoms with Gasteiger partial charge in [-0.2, -0.15) is 8.78 Å². The summed E-state index contributed by atoms with van der Waals surface area (Å²) in [4.78, 5) is 10.9. The van der Waals surface area contributed by atoms with Crippen LogP contribution in [0.5, 0.6) is 0 Å². The monoisotopic (exact) mass is 314 g/mol. The van der Waals surface area contributed by atoms with Gasteiger partial charge >= 0.3 is 5.76 Å². The van der Waals surface area contributed by atoms with Crippen LogP contribution in [-0.2, 0) is 9.84 Å². The third-order valence-corrected chi connectivity index (χ3v) is 3.51. The number of carbonyl (C=O) groups excluding carboxylic acids is 1. The molecule has 9 heteroatoms. The van der Waals surface area contributed by atoms with Crippen molar-refractivity contribution in [3.05, 3.63) is 29.8 Å². The minimum atomic E-state index is -4.62. The SMILES string of the molecule is Cl.NCCNC(=O)c1ccc(S(=O)(=O)C(F)F)cc1. The molecule has 19 heavy (non-hydrogen) atoms. The molecule has 1 amide bonds. The highest BCUT2D eigenvalue weighted by molar-refractivity contribution is 7.91. The molecule has 1 aromatic carbocycles. The number of sulfone groups is 1. The zero-order chi connectivity index (χ0) is 13.8. The van der Waals surface area contributed by atoms with Gasteiger partial charge < -0.3 is 11.1 Å². The summed E-state index contributed by atoms with van der Waals surface area (Å²) in [6, 6.07) is 4.28. The average Bonchev–Trinajstić information content (AvgIpc) is 2.35. The molecule has 0 saturated carbocycles. The van der Waals surface area contributed by atoms with Gasteiger partial charge in [-0.1, -0.05) is 0 Å². The van der Waals surface area contributed by atoms with Crippen LogP contribution in [0, 0.1) is 0 Å². The molecule has 0 aliphatic rings. The van der Waals surface area contributed by atoms with E-state index in [4.69, 9.17) is 5.73 Å². The predicted molar refractivity (Wildman–Crippen MR) is 68.3 cm³/mol. The van der Waals surface area contributed by atoms with E-state index in [2.05, 4.69) is 5.32 Å². The van der Waals surface area contributed by atoms with Gasteiger partial charge in [0.25, 0.3) is 5.91 Å². The molecule has 5 nitrogen and oxygen atoms in total. The van der Waals surface area contributed by atoms with Gasteiger partial charge in [-0.3, -0.25) is 4.79 Å². The Labute approximate surface area is 115 Å². The first kappa shape index (κ1) is 17.8. The smallest absolute Gasteiger partial charge is 0.341 e. The molecule has 0 aliphatic heterocycles. The van der Waals surface area contributed by atoms with Gasteiger partial charge in [-0.25, -0.2) is 8.42 Å². The third-order valence-electron chi connectivity index (χ3n) is 2.11. The van der Waals surface area contributed by atoms with Gasteiger partial charge in [0.1, 0.15) is 0 Å². The third kappa shape index (κ3) is 4.41. The molecule has 0 saturated heterocycles. The Kier molecular flexibility index (Phi) is 6.88. The van der Waals surface area contributed by atoms with Crippen molar-refractivity contribution in [2.75, 3.05) is 13.1 Å². The van der Waals surface area contributed by atoms with Crippen LogP contribution in [0.25, 0.3) is 0 Å². The number of alkyl halides is 2. The second-order valence-corrected chi connectivity index (χ2v) is 5.29. The predicted octanol–water partition coefficient (Wildman–Crippen LogP) is 0.793. The first-order valence-electron chi connectivity index (χ1n) is 5.00. The summed E-state index contributed by atoms with van der Waals surface area (Å²) in [5.41, 5.74) is 5.37. The number of nitrogens with one attached hydrogen (secondary N) is 1. The summed E-state index contributed by atoms with van der Waals surface area (Å²) < 4.78 is 46.7. The zero-order valence-electron chi connectivity index (χ0n) is 9.68. The molecule has 0 fully saturated rings. The van der Waals surface area contributed by atoms with Gasteiger partial charge in [0.2, 0.25) is 9.84 Å². The fourth-order valence-electron chi connectivity index (χ4n) is 1.19. The van der Waals surface area contributed by atoms with E-state index in [1.807, 2.05) is 0 Å². The van der Waals surface area contributed by atoms with Crippen molar-refractivity contribution in [3.63, 3.8) is 0 Å². The summed E-state index contributed by atoms with van der Waals surface area (Å²) >= 11 is 0. The number of rotatable bonds is 5. The molecule has 0 aromatic heterocycles. The number of halogens is 3. The van der Waals surface area contributed by atoms with Crippen LogP contribution in [0.15, 0.2) is 29.2 Å². The normalized spacial score (nSPS) is 10.9. The Morgan fingerprint density at radius 2 is 1.79 bits per heavy atom. The maximum absolute atomic E-state index is 12.2. The molecule has 108 valence electrons. The van der Waals surface area contributed by atoms with Gasteiger partial charge in [0.15, 0.2) is 0 Å². The molecular weight excluding hydrogens is 302 g/mol. The molecule has 1 aromatic rings. The van der Waals surface area contributed by atoms with Crippen LogP contribution in [0.2, 0.25) is 0 Å². The van der Waals surface area contributed by atoms with E-state index in [1.165, 1.54) is 12.1 Å². The number of benzene rings is 1. The molecule has 0 bridgehead atoms. The molecule has 0 atom stereocenters. The topological polar surface area (TPSA) is 89.3 Å².